The second-order valence-corrected chi connectivity index (χ2v) is 6.94. The van der Waals surface area contributed by atoms with Crippen LogP contribution in [0.3, 0.4) is 0 Å². The number of hydrogen-bond donors (Lipinski definition) is 1. The summed E-state index contributed by atoms with van der Waals surface area (Å²) >= 11 is 5.56. The molecule has 1 unspecified atom stereocenters. The molecule has 0 aromatic rings. The lowest BCUT2D eigenvalue weighted by atomic mass is 10.0. The first kappa shape index (κ1) is 15.4. The zero-order valence-corrected chi connectivity index (χ0v) is 13.1. The minimum atomic E-state index is -0.500. The minimum Gasteiger partial charge on any atom is -0.444 e. The fraction of sp³-hybridized carbons (Fsp3) is 0.857. The summed E-state index contributed by atoms with van der Waals surface area (Å²) in [4.78, 5) is 25.6. The Morgan fingerprint density at radius 3 is 2.55 bits per heavy atom. The first-order valence-corrected chi connectivity index (χ1v) is 7.67. The van der Waals surface area contributed by atoms with E-state index in [2.05, 4.69) is 5.32 Å². The fourth-order valence-electron chi connectivity index (χ4n) is 2.87. The van der Waals surface area contributed by atoms with Gasteiger partial charge in [0.1, 0.15) is 11.5 Å². The number of halogens is 1. The van der Waals surface area contributed by atoms with E-state index in [-0.39, 0.29) is 29.5 Å². The van der Waals surface area contributed by atoms with Crippen LogP contribution < -0.4 is 5.32 Å². The summed E-state index contributed by atoms with van der Waals surface area (Å²) in [5.74, 6) is -0.207. The van der Waals surface area contributed by atoms with Gasteiger partial charge in [-0.3, -0.25) is 4.79 Å². The number of alkyl halides is 1. The van der Waals surface area contributed by atoms with Crippen LogP contribution in [0.1, 0.15) is 46.5 Å². The molecule has 1 aliphatic carbocycles. The van der Waals surface area contributed by atoms with Gasteiger partial charge in [0.2, 0.25) is 5.91 Å². The van der Waals surface area contributed by atoms with E-state index in [9.17, 15) is 9.59 Å². The third kappa shape index (κ3) is 3.37. The third-order valence-electron chi connectivity index (χ3n) is 3.82. The second-order valence-electron chi connectivity index (χ2n) is 6.67. The van der Waals surface area contributed by atoms with E-state index in [1.165, 1.54) is 0 Å². The first-order chi connectivity index (χ1) is 9.27. The molecule has 0 radical (unpaired) electrons. The molecule has 6 heteroatoms. The summed E-state index contributed by atoms with van der Waals surface area (Å²) in [6, 6.07) is 0.0320. The van der Waals surface area contributed by atoms with Gasteiger partial charge in [-0.1, -0.05) is 0 Å². The van der Waals surface area contributed by atoms with E-state index in [4.69, 9.17) is 16.3 Å². The Balaban J connectivity index is 2.04. The summed E-state index contributed by atoms with van der Waals surface area (Å²) in [6.07, 6.45) is 3.37. The molecule has 2 fully saturated rings. The molecule has 2 rings (SSSR count). The molecule has 0 aromatic heterocycles. The number of nitrogens with one attached hydrogen (secondary N) is 1. The van der Waals surface area contributed by atoms with Crippen molar-refractivity contribution < 1.29 is 14.3 Å². The maximum Gasteiger partial charge on any atom is 0.410 e. The van der Waals surface area contributed by atoms with Crippen LogP contribution in [0, 0.1) is 0 Å². The highest BCUT2D eigenvalue weighted by atomic mass is 35.5. The number of likely N-dealkylation sites (tertiary alicyclic amines) is 1. The summed E-state index contributed by atoms with van der Waals surface area (Å²) in [5, 5.41) is 2.99. The molecule has 1 heterocycles. The molecule has 20 heavy (non-hydrogen) atoms. The Morgan fingerprint density at radius 1 is 1.40 bits per heavy atom. The molecule has 1 saturated heterocycles. The smallest absolute Gasteiger partial charge is 0.410 e. The molecule has 2 amide bonds. The van der Waals surface area contributed by atoms with Crippen LogP contribution in [-0.2, 0) is 9.53 Å². The summed E-state index contributed by atoms with van der Waals surface area (Å²) in [7, 11) is 0. The quantitative estimate of drug-likeness (QED) is 0.814. The molecular weight excluding hydrogens is 280 g/mol. The number of hydrogen-bond acceptors (Lipinski definition) is 3. The largest absolute Gasteiger partial charge is 0.444 e. The van der Waals surface area contributed by atoms with Gasteiger partial charge in [0, 0.05) is 6.54 Å². The van der Waals surface area contributed by atoms with Crippen molar-refractivity contribution in [1.82, 2.24) is 10.2 Å². The van der Waals surface area contributed by atoms with E-state index in [0.717, 1.165) is 25.7 Å². The number of nitrogens with zero attached hydrogens (tertiary/aromatic N) is 1. The normalized spacial score (nSPS) is 24.4. The fourth-order valence-corrected chi connectivity index (χ4v) is 2.93. The zero-order valence-electron chi connectivity index (χ0n) is 12.4. The van der Waals surface area contributed by atoms with Gasteiger partial charge >= 0.3 is 6.09 Å². The highest BCUT2D eigenvalue weighted by Gasteiger charge is 2.55. The van der Waals surface area contributed by atoms with E-state index < -0.39 is 5.60 Å². The lowest BCUT2D eigenvalue weighted by Crippen LogP contribution is -2.53. The van der Waals surface area contributed by atoms with Gasteiger partial charge < -0.3 is 15.0 Å². The molecule has 1 saturated carbocycles. The maximum atomic E-state index is 12.3. The van der Waals surface area contributed by atoms with E-state index in [1.807, 2.05) is 20.8 Å². The predicted octanol–water partition coefficient (Wildman–Crippen LogP) is 2.27. The minimum absolute atomic E-state index is 0.0320. The van der Waals surface area contributed by atoms with Crippen LogP contribution in [0.15, 0.2) is 0 Å². The monoisotopic (exact) mass is 302 g/mol. The van der Waals surface area contributed by atoms with Crippen molar-refractivity contribution in [3.05, 3.63) is 0 Å². The van der Waals surface area contributed by atoms with Gasteiger partial charge in [-0.2, -0.15) is 0 Å². The van der Waals surface area contributed by atoms with Gasteiger partial charge in [-0.15, -0.1) is 11.6 Å². The van der Waals surface area contributed by atoms with Crippen LogP contribution in [-0.4, -0.2) is 46.5 Å². The van der Waals surface area contributed by atoms with Crippen molar-refractivity contribution in [3.63, 3.8) is 0 Å². The summed E-state index contributed by atoms with van der Waals surface area (Å²) in [5.41, 5.74) is -0.778. The Kier molecular flexibility index (Phi) is 4.19. The molecule has 0 aromatic carbocycles. The lowest BCUT2D eigenvalue weighted by molar-refractivity contribution is -0.120. The van der Waals surface area contributed by atoms with E-state index in [1.54, 1.807) is 4.90 Å². The van der Waals surface area contributed by atoms with Crippen molar-refractivity contribution in [1.29, 1.82) is 0 Å². The van der Waals surface area contributed by atoms with E-state index >= 15 is 0 Å². The van der Waals surface area contributed by atoms with Crippen LogP contribution in [0.2, 0.25) is 0 Å². The molecule has 114 valence electrons. The molecule has 1 atom stereocenters. The Morgan fingerprint density at radius 2 is 2.05 bits per heavy atom. The topological polar surface area (TPSA) is 58.6 Å². The third-order valence-corrected chi connectivity index (χ3v) is 4.06. The van der Waals surface area contributed by atoms with Crippen LogP contribution in [0.5, 0.6) is 0 Å². The van der Waals surface area contributed by atoms with Crippen molar-refractivity contribution in [3.8, 4) is 0 Å². The van der Waals surface area contributed by atoms with Crippen LogP contribution in [0.4, 0.5) is 4.79 Å². The van der Waals surface area contributed by atoms with E-state index in [0.29, 0.717) is 6.54 Å². The maximum absolute atomic E-state index is 12.3. The van der Waals surface area contributed by atoms with Gasteiger partial charge in [0.05, 0.1) is 11.6 Å². The molecule has 2 aliphatic rings. The number of ether oxygens (including phenoxy) is 1. The molecule has 0 bridgehead atoms. The highest BCUT2D eigenvalue weighted by Crippen LogP contribution is 2.45. The summed E-state index contributed by atoms with van der Waals surface area (Å²) < 4.78 is 5.45. The Bertz CT molecular complexity index is 402. The predicted molar refractivity (Wildman–Crippen MR) is 76.8 cm³/mol. The van der Waals surface area contributed by atoms with Gasteiger partial charge in [0.25, 0.3) is 0 Å². The zero-order chi connectivity index (χ0) is 15.0. The van der Waals surface area contributed by atoms with Crippen molar-refractivity contribution in [2.24, 2.45) is 0 Å². The van der Waals surface area contributed by atoms with Gasteiger partial charge in [-0.25, -0.2) is 4.79 Å². The lowest BCUT2D eigenvalue weighted by Gasteiger charge is -2.33. The second kappa shape index (κ2) is 5.43. The van der Waals surface area contributed by atoms with Crippen molar-refractivity contribution in [2.75, 3.05) is 12.4 Å². The molecule has 1 N–H and O–H groups in total. The molecule has 1 aliphatic heterocycles. The van der Waals surface area contributed by atoms with Gasteiger partial charge in [0.15, 0.2) is 0 Å². The average Bonchev–Trinajstić information content (AvgIpc) is 2.92. The highest BCUT2D eigenvalue weighted by molar-refractivity contribution is 6.27. The van der Waals surface area contributed by atoms with Gasteiger partial charge in [-0.05, 0) is 46.5 Å². The van der Waals surface area contributed by atoms with Crippen molar-refractivity contribution in [2.45, 2.75) is 63.6 Å². The number of carbonyl (C=O) groups is 2. The molecule has 5 nitrogen and oxygen atoms in total. The number of rotatable bonds is 3. The Labute approximate surface area is 125 Å². The SMILES string of the molecule is CC(C)(C)OC(=O)N1CCCC1C1(NC(=O)CCl)CC1. The van der Waals surface area contributed by atoms with Crippen LogP contribution in [0.25, 0.3) is 0 Å². The standard InChI is InChI=1S/C14H23ClN2O3/c1-13(2,3)20-12(19)17-8-4-5-10(17)14(6-7-14)16-11(18)9-15/h10H,4-9H2,1-3H3,(H,16,18). The molecule has 0 spiro atoms. The van der Waals surface area contributed by atoms with Crippen LogP contribution >= 0.6 is 11.6 Å². The number of amides is 2. The average molecular weight is 303 g/mol. The summed E-state index contributed by atoms with van der Waals surface area (Å²) in [6.45, 7) is 6.27. The van der Waals surface area contributed by atoms with Crippen molar-refractivity contribution >= 4 is 23.6 Å². The molecular formula is C14H23ClN2O3. The first-order valence-electron chi connectivity index (χ1n) is 7.14. The Hall–Kier alpha value is -0.970. The number of carbonyl (C=O) groups excluding carboxylic acids is 2.